The highest BCUT2D eigenvalue weighted by Crippen LogP contribution is 2.18. The van der Waals surface area contributed by atoms with Gasteiger partial charge in [0.1, 0.15) is 5.82 Å². The molecule has 0 aliphatic rings. The normalized spacial score (nSPS) is 12.9. The van der Waals surface area contributed by atoms with Crippen LogP contribution in [0.4, 0.5) is 4.39 Å². The Morgan fingerprint density at radius 2 is 2.29 bits per heavy atom. The number of nitrogens with two attached hydrogens (primary N) is 1. The molecule has 0 amide bonds. The Balaban J connectivity index is 2.70. The Morgan fingerprint density at radius 3 is 2.93 bits per heavy atom. The van der Waals surface area contributed by atoms with Crippen LogP contribution in [-0.2, 0) is 6.42 Å². The third-order valence-electron chi connectivity index (χ3n) is 1.87. The number of hydrogen-bond donors (Lipinski definition) is 1. The summed E-state index contributed by atoms with van der Waals surface area (Å²) in [5, 5.41) is 0.586. The maximum atomic E-state index is 12.9. The van der Waals surface area contributed by atoms with Crippen molar-refractivity contribution in [1.29, 1.82) is 0 Å². The van der Waals surface area contributed by atoms with Crippen LogP contribution < -0.4 is 5.73 Å². The second-order valence-electron chi connectivity index (χ2n) is 3.16. The molecule has 0 aliphatic carbocycles. The molecule has 0 aliphatic heterocycles. The first-order chi connectivity index (χ1) is 6.63. The van der Waals surface area contributed by atoms with Crippen LogP contribution in [0.15, 0.2) is 18.2 Å². The lowest BCUT2D eigenvalue weighted by molar-refractivity contribution is 0.623. The lowest BCUT2D eigenvalue weighted by Crippen LogP contribution is -2.25. The molecule has 1 aromatic rings. The second kappa shape index (κ2) is 5.59. The van der Waals surface area contributed by atoms with Crippen molar-refractivity contribution >= 4 is 23.4 Å². The lowest BCUT2D eigenvalue weighted by Gasteiger charge is -2.11. The van der Waals surface area contributed by atoms with Crippen LogP contribution in [-0.4, -0.2) is 18.1 Å². The Kier molecular flexibility index (Phi) is 4.72. The van der Waals surface area contributed by atoms with E-state index in [9.17, 15) is 4.39 Å². The van der Waals surface area contributed by atoms with Gasteiger partial charge in [-0.3, -0.25) is 0 Å². The Morgan fingerprint density at radius 1 is 1.57 bits per heavy atom. The molecule has 2 N–H and O–H groups in total. The van der Waals surface area contributed by atoms with E-state index >= 15 is 0 Å². The molecule has 0 spiro atoms. The number of hydrogen-bond acceptors (Lipinski definition) is 2. The molecule has 0 saturated heterocycles. The molecule has 14 heavy (non-hydrogen) atoms. The van der Waals surface area contributed by atoms with Gasteiger partial charge in [-0.1, -0.05) is 11.6 Å². The van der Waals surface area contributed by atoms with Crippen molar-refractivity contribution in [1.82, 2.24) is 0 Å². The van der Waals surface area contributed by atoms with Crippen molar-refractivity contribution in [2.45, 2.75) is 12.5 Å². The summed E-state index contributed by atoms with van der Waals surface area (Å²) in [5.41, 5.74) is 6.62. The van der Waals surface area contributed by atoms with E-state index in [1.165, 1.54) is 12.1 Å². The largest absolute Gasteiger partial charge is 0.327 e. The zero-order valence-electron chi connectivity index (χ0n) is 7.97. The molecule has 1 unspecified atom stereocenters. The summed E-state index contributed by atoms with van der Waals surface area (Å²) in [7, 11) is 0. The van der Waals surface area contributed by atoms with Gasteiger partial charge in [-0.15, -0.1) is 0 Å². The van der Waals surface area contributed by atoms with Crippen LogP contribution in [0.3, 0.4) is 0 Å². The van der Waals surface area contributed by atoms with Gasteiger partial charge in [0, 0.05) is 16.8 Å². The summed E-state index contributed by atoms with van der Waals surface area (Å²) in [6.07, 6.45) is 2.62. The number of rotatable bonds is 4. The molecular formula is C10H13ClFNS. The smallest absolute Gasteiger partial charge is 0.123 e. The van der Waals surface area contributed by atoms with E-state index in [-0.39, 0.29) is 11.9 Å². The molecular weight excluding hydrogens is 221 g/mol. The molecule has 78 valence electrons. The number of benzene rings is 1. The van der Waals surface area contributed by atoms with Crippen molar-refractivity contribution in [3.05, 3.63) is 34.6 Å². The standard InChI is InChI=1S/C10H13ClFNS/c1-14-6-9(13)5-7-4-8(12)2-3-10(7)11/h2-4,9H,5-6,13H2,1H3. The quantitative estimate of drug-likeness (QED) is 0.866. The van der Waals surface area contributed by atoms with Crippen molar-refractivity contribution in [3.8, 4) is 0 Å². The van der Waals surface area contributed by atoms with Gasteiger partial charge in [0.05, 0.1) is 0 Å². The average Bonchev–Trinajstić information content (AvgIpc) is 2.12. The van der Waals surface area contributed by atoms with Crippen molar-refractivity contribution < 1.29 is 4.39 Å². The Hall–Kier alpha value is -0.250. The molecule has 0 bridgehead atoms. The van der Waals surface area contributed by atoms with Crippen molar-refractivity contribution in [2.75, 3.05) is 12.0 Å². The van der Waals surface area contributed by atoms with E-state index in [0.29, 0.717) is 11.4 Å². The highest BCUT2D eigenvalue weighted by molar-refractivity contribution is 7.98. The molecule has 0 aromatic heterocycles. The predicted molar refractivity (Wildman–Crippen MR) is 61.5 cm³/mol. The average molecular weight is 234 g/mol. The highest BCUT2D eigenvalue weighted by atomic mass is 35.5. The lowest BCUT2D eigenvalue weighted by atomic mass is 10.1. The molecule has 1 nitrogen and oxygen atoms in total. The summed E-state index contributed by atoms with van der Waals surface area (Å²) in [6, 6.07) is 4.40. The van der Waals surface area contributed by atoms with Crippen LogP contribution in [0.2, 0.25) is 5.02 Å². The van der Waals surface area contributed by atoms with Crippen molar-refractivity contribution in [2.24, 2.45) is 5.73 Å². The molecule has 1 rings (SSSR count). The van der Waals surface area contributed by atoms with Crippen LogP contribution in [0.5, 0.6) is 0 Å². The topological polar surface area (TPSA) is 26.0 Å². The number of thioether (sulfide) groups is 1. The minimum absolute atomic E-state index is 0.0318. The van der Waals surface area contributed by atoms with Gasteiger partial charge in [0.2, 0.25) is 0 Å². The highest BCUT2D eigenvalue weighted by Gasteiger charge is 2.07. The van der Waals surface area contributed by atoms with Gasteiger partial charge in [-0.2, -0.15) is 11.8 Å². The number of halogens is 2. The zero-order valence-corrected chi connectivity index (χ0v) is 9.54. The van der Waals surface area contributed by atoms with Gasteiger partial charge in [0.25, 0.3) is 0 Å². The monoisotopic (exact) mass is 233 g/mol. The summed E-state index contributed by atoms with van der Waals surface area (Å²) in [6.45, 7) is 0. The first-order valence-corrected chi connectivity index (χ1v) is 6.09. The van der Waals surface area contributed by atoms with Crippen LogP contribution in [0.25, 0.3) is 0 Å². The van der Waals surface area contributed by atoms with Crippen molar-refractivity contribution in [3.63, 3.8) is 0 Å². The van der Waals surface area contributed by atoms with E-state index in [4.69, 9.17) is 17.3 Å². The van der Waals surface area contributed by atoms with Crippen LogP contribution in [0, 0.1) is 5.82 Å². The van der Waals surface area contributed by atoms with E-state index in [1.807, 2.05) is 6.26 Å². The fourth-order valence-corrected chi connectivity index (χ4v) is 2.00. The van der Waals surface area contributed by atoms with Crippen LogP contribution in [0.1, 0.15) is 5.56 Å². The molecule has 0 fully saturated rings. The van der Waals surface area contributed by atoms with E-state index in [0.717, 1.165) is 11.3 Å². The molecule has 0 saturated carbocycles. The first-order valence-electron chi connectivity index (χ1n) is 4.32. The van der Waals surface area contributed by atoms with E-state index in [1.54, 1.807) is 17.8 Å². The van der Waals surface area contributed by atoms with Gasteiger partial charge < -0.3 is 5.73 Å². The molecule has 1 aromatic carbocycles. The van der Waals surface area contributed by atoms with Gasteiger partial charge >= 0.3 is 0 Å². The Bertz CT molecular complexity index is 306. The summed E-state index contributed by atoms with van der Waals surface area (Å²) in [4.78, 5) is 0. The maximum absolute atomic E-state index is 12.9. The van der Waals surface area contributed by atoms with Gasteiger partial charge in [-0.25, -0.2) is 4.39 Å². The predicted octanol–water partition coefficient (Wildman–Crippen LogP) is 2.71. The minimum atomic E-state index is -0.263. The van der Waals surface area contributed by atoms with E-state index in [2.05, 4.69) is 0 Å². The summed E-state index contributed by atoms with van der Waals surface area (Å²) < 4.78 is 12.9. The van der Waals surface area contributed by atoms with E-state index < -0.39 is 0 Å². The van der Waals surface area contributed by atoms with Gasteiger partial charge in [0.15, 0.2) is 0 Å². The summed E-state index contributed by atoms with van der Waals surface area (Å²) in [5.74, 6) is 0.591. The zero-order chi connectivity index (χ0) is 10.6. The minimum Gasteiger partial charge on any atom is -0.327 e. The second-order valence-corrected chi connectivity index (χ2v) is 4.47. The first kappa shape index (κ1) is 11.8. The molecule has 4 heteroatoms. The molecule has 0 heterocycles. The summed E-state index contributed by atoms with van der Waals surface area (Å²) >= 11 is 7.59. The fraction of sp³-hybridized carbons (Fsp3) is 0.400. The maximum Gasteiger partial charge on any atom is 0.123 e. The molecule has 1 atom stereocenters. The molecule has 0 radical (unpaired) electrons. The van der Waals surface area contributed by atoms with Gasteiger partial charge in [-0.05, 0) is 36.4 Å². The third kappa shape index (κ3) is 3.48. The fourth-order valence-electron chi connectivity index (χ4n) is 1.26. The third-order valence-corrected chi connectivity index (χ3v) is 3.00. The Labute approximate surface area is 92.8 Å². The van der Waals surface area contributed by atoms with Crippen LogP contribution >= 0.6 is 23.4 Å². The SMILES string of the molecule is CSCC(N)Cc1cc(F)ccc1Cl.